The highest BCUT2D eigenvalue weighted by Crippen LogP contribution is 2.08. The highest BCUT2D eigenvalue weighted by atomic mass is 16.5. The number of aromatic nitrogens is 2. The van der Waals surface area contributed by atoms with Crippen LogP contribution in [0, 0.1) is 0 Å². The molecule has 0 aliphatic carbocycles. The number of amides is 1. The third kappa shape index (κ3) is 4.54. The first-order valence-corrected chi connectivity index (χ1v) is 6.66. The summed E-state index contributed by atoms with van der Waals surface area (Å²) >= 11 is 0. The van der Waals surface area contributed by atoms with E-state index in [2.05, 4.69) is 20.8 Å². The molecule has 0 bridgehead atoms. The van der Waals surface area contributed by atoms with Crippen LogP contribution in [0.25, 0.3) is 0 Å². The minimum absolute atomic E-state index is 0.0767. The van der Waals surface area contributed by atoms with Crippen molar-refractivity contribution in [2.75, 3.05) is 24.3 Å². The highest BCUT2D eigenvalue weighted by molar-refractivity contribution is 6.02. The molecule has 0 aliphatic heterocycles. The number of ether oxygens (including phenoxy) is 1. The number of benzene rings is 1. The van der Waals surface area contributed by atoms with Crippen molar-refractivity contribution < 1.29 is 9.53 Å². The molecule has 1 unspecified atom stereocenters. The molecule has 2 N–H and O–H groups in total. The van der Waals surface area contributed by atoms with Crippen LogP contribution in [0.2, 0.25) is 0 Å². The van der Waals surface area contributed by atoms with Gasteiger partial charge in [0.25, 0.3) is 5.91 Å². The van der Waals surface area contributed by atoms with Gasteiger partial charge in [-0.15, -0.1) is 10.2 Å². The Hall–Kier alpha value is -2.47. The van der Waals surface area contributed by atoms with Gasteiger partial charge in [0, 0.05) is 19.3 Å². The predicted molar refractivity (Wildman–Crippen MR) is 81.4 cm³/mol. The fraction of sp³-hybridized carbons (Fsp3) is 0.267. The zero-order valence-electron chi connectivity index (χ0n) is 12.0. The summed E-state index contributed by atoms with van der Waals surface area (Å²) in [6.45, 7) is 2.57. The van der Waals surface area contributed by atoms with Crippen LogP contribution in [0.3, 0.4) is 0 Å². The second-order valence-electron chi connectivity index (χ2n) is 4.55. The van der Waals surface area contributed by atoms with Crippen molar-refractivity contribution in [1.82, 2.24) is 10.2 Å². The maximum atomic E-state index is 12.0. The lowest BCUT2D eigenvalue weighted by molar-refractivity contribution is 0.102. The average Bonchev–Trinajstić information content (AvgIpc) is 2.54. The lowest BCUT2D eigenvalue weighted by Crippen LogP contribution is -2.19. The summed E-state index contributed by atoms with van der Waals surface area (Å²) in [7, 11) is 1.65. The number of carbonyl (C=O) groups is 1. The number of hydrogen-bond acceptors (Lipinski definition) is 5. The van der Waals surface area contributed by atoms with Crippen molar-refractivity contribution >= 4 is 17.4 Å². The maximum Gasteiger partial charge on any atom is 0.276 e. The zero-order chi connectivity index (χ0) is 15.1. The molecule has 6 heteroatoms. The second-order valence-corrected chi connectivity index (χ2v) is 4.55. The van der Waals surface area contributed by atoms with Gasteiger partial charge in [0.15, 0.2) is 5.69 Å². The molecule has 2 rings (SSSR count). The summed E-state index contributed by atoms with van der Waals surface area (Å²) < 4.78 is 5.13. The number of methoxy groups -OCH3 is 1. The van der Waals surface area contributed by atoms with E-state index in [1.807, 2.05) is 37.3 Å². The van der Waals surface area contributed by atoms with Crippen molar-refractivity contribution in [3.63, 3.8) is 0 Å². The van der Waals surface area contributed by atoms with E-state index >= 15 is 0 Å². The molecule has 110 valence electrons. The van der Waals surface area contributed by atoms with E-state index in [4.69, 9.17) is 4.74 Å². The van der Waals surface area contributed by atoms with E-state index in [-0.39, 0.29) is 17.7 Å². The minimum atomic E-state index is -0.287. The van der Waals surface area contributed by atoms with E-state index in [0.29, 0.717) is 12.4 Å². The van der Waals surface area contributed by atoms with Crippen LogP contribution in [0.5, 0.6) is 0 Å². The van der Waals surface area contributed by atoms with Gasteiger partial charge in [-0.3, -0.25) is 4.79 Å². The Balaban J connectivity index is 1.94. The molecule has 0 saturated carbocycles. The first-order chi connectivity index (χ1) is 10.2. The fourth-order valence-electron chi connectivity index (χ4n) is 1.60. The van der Waals surface area contributed by atoms with E-state index in [0.717, 1.165) is 5.69 Å². The van der Waals surface area contributed by atoms with Gasteiger partial charge in [-0.05, 0) is 31.2 Å². The van der Waals surface area contributed by atoms with E-state index < -0.39 is 0 Å². The highest BCUT2D eigenvalue weighted by Gasteiger charge is 2.08. The second kappa shape index (κ2) is 7.35. The molecule has 0 spiro atoms. The molecular weight excluding hydrogens is 268 g/mol. The maximum absolute atomic E-state index is 12.0. The molecule has 0 aliphatic rings. The summed E-state index contributed by atoms with van der Waals surface area (Å²) in [5, 5.41) is 13.7. The molecule has 6 nitrogen and oxygen atoms in total. The van der Waals surface area contributed by atoms with Gasteiger partial charge in [-0.1, -0.05) is 18.2 Å². The van der Waals surface area contributed by atoms with Crippen LogP contribution >= 0.6 is 0 Å². The zero-order valence-corrected chi connectivity index (χ0v) is 12.0. The average molecular weight is 286 g/mol. The number of carbonyl (C=O) groups excluding carboxylic acids is 1. The van der Waals surface area contributed by atoms with Crippen LogP contribution in [0.1, 0.15) is 17.4 Å². The Labute approximate surface area is 123 Å². The summed E-state index contributed by atoms with van der Waals surface area (Å²) in [6, 6.07) is 12.6. The number of hydrogen-bond donors (Lipinski definition) is 2. The van der Waals surface area contributed by atoms with Gasteiger partial charge in [-0.2, -0.15) is 0 Å². The van der Waals surface area contributed by atoms with Gasteiger partial charge in [-0.25, -0.2) is 0 Å². The molecule has 0 saturated heterocycles. The third-order valence-corrected chi connectivity index (χ3v) is 2.90. The third-order valence-electron chi connectivity index (χ3n) is 2.90. The van der Waals surface area contributed by atoms with Crippen LogP contribution in [-0.4, -0.2) is 35.9 Å². The minimum Gasteiger partial charge on any atom is -0.380 e. The smallest absolute Gasteiger partial charge is 0.276 e. The lowest BCUT2D eigenvalue weighted by Gasteiger charge is -2.10. The largest absolute Gasteiger partial charge is 0.380 e. The van der Waals surface area contributed by atoms with Gasteiger partial charge >= 0.3 is 0 Å². The monoisotopic (exact) mass is 286 g/mol. The molecular formula is C15H18N4O2. The number of rotatable bonds is 6. The summed E-state index contributed by atoms with van der Waals surface area (Å²) in [6.07, 6.45) is 0.0767. The number of nitrogens with zero attached hydrogens (tertiary/aromatic N) is 2. The Bertz CT molecular complexity index is 572. The van der Waals surface area contributed by atoms with Gasteiger partial charge in [0.1, 0.15) is 5.82 Å². The molecule has 21 heavy (non-hydrogen) atoms. The number of para-hydroxylation sites is 1. The van der Waals surface area contributed by atoms with E-state index in [1.165, 1.54) is 0 Å². The normalized spacial score (nSPS) is 11.7. The Morgan fingerprint density at radius 3 is 2.57 bits per heavy atom. The molecule has 2 aromatic rings. The van der Waals surface area contributed by atoms with Crippen molar-refractivity contribution in [2.45, 2.75) is 13.0 Å². The fourth-order valence-corrected chi connectivity index (χ4v) is 1.60. The lowest BCUT2D eigenvalue weighted by atomic mass is 10.3. The van der Waals surface area contributed by atoms with Crippen LogP contribution in [-0.2, 0) is 4.74 Å². The summed E-state index contributed by atoms with van der Waals surface area (Å²) in [5.41, 5.74) is 0.990. The predicted octanol–water partition coefficient (Wildman–Crippen LogP) is 2.18. The molecule has 1 heterocycles. The summed E-state index contributed by atoms with van der Waals surface area (Å²) in [5.74, 6) is 0.320. The van der Waals surface area contributed by atoms with Crippen molar-refractivity contribution in [1.29, 1.82) is 0 Å². The first kappa shape index (κ1) is 14.9. The van der Waals surface area contributed by atoms with Gasteiger partial charge < -0.3 is 15.4 Å². The number of anilines is 2. The standard InChI is InChI=1S/C15H18N4O2/c1-11(21-2)10-16-14-9-8-13(18-19-14)15(20)17-12-6-4-3-5-7-12/h3-9,11H,10H2,1-2H3,(H,16,19)(H,17,20). The Morgan fingerprint density at radius 1 is 1.19 bits per heavy atom. The Morgan fingerprint density at radius 2 is 1.95 bits per heavy atom. The molecule has 1 aromatic heterocycles. The number of nitrogens with one attached hydrogen (secondary N) is 2. The van der Waals surface area contributed by atoms with Crippen LogP contribution in [0.4, 0.5) is 11.5 Å². The van der Waals surface area contributed by atoms with Crippen molar-refractivity contribution in [3.05, 3.63) is 48.2 Å². The topological polar surface area (TPSA) is 76.1 Å². The van der Waals surface area contributed by atoms with Crippen molar-refractivity contribution in [3.8, 4) is 0 Å². The SMILES string of the molecule is COC(C)CNc1ccc(C(=O)Nc2ccccc2)nn1. The Kier molecular flexibility index (Phi) is 5.22. The molecule has 0 radical (unpaired) electrons. The molecule has 1 amide bonds. The van der Waals surface area contributed by atoms with Crippen LogP contribution in [0.15, 0.2) is 42.5 Å². The van der Waals surface area contributed by atoms with Crippen LogP contribution < -0.4 is 10.6 Å². The quantitative estimate of drug-likeness (QED) is 0.851. The molecule has 0 fully saturated rings. The molecule has 1 aromatic carbocycles. The first-order valence-electron chi connectivity index (χ1n) is 6.66. The van der Waals surface area contributed by atoms with E-state index in [1.54, 1.807) is 19.2 Å². The van der Waals surface area contributed by atoms with Gasteiger partial charge in [0.05, 0.1) is 6.10 Å². The molecule has 1 atom stereocenters. The van der Waals surface area contributed by atoms with Crippen molar-refractivity contribution in [2.24, 2.45) is 0 Å². The van der Waals surface area contributed by atoms with Gasteiger partial charge in [0.2, 0.25) is 0 Å². The van der Waals surface area contributed by atoms with E-state index in [9.17, 15) is 4.79 Å². The summed E-state index contributed by atoms with van der Waals surface area (Å²) in [4.78, 5) is 12.0.